The normalized spacial score (nSPS) is 11.9. The van der Waals surface area contributed by atoms with Gasteiger partial charge in [0.1, 0.15) is 11.5 Å². The lowest BCUT2D eigenvalue weighted by Crippen LogP contribution is -2.28. The third kappa shape index (κ3) is 7.44. The van der Waals surface area contributed by atoms with Crippen LogP contribution < -0.4 is 14.8 Å². The molecule has 2 aromatic carbocycles. The van der Waals surface area contributed by atoms with E-state index in [1.54, 1.807) is 48.5 Å². The number of ether oxygens (including phenoxy) is 3. The van der Waals surface area contributed by atoms with Crippen LogP contribution in [-0.4, -0.2) is 37.0 Å². The highest BCUT2D eigenvalue weighted by Gasteiger charge is 2.22. The van der Waals surface area contributed by atoms with Crippen LogP contribution in [0.4, 0.5) is 5.69 Å². The molecule has 2 aromatic rings. The predicted molar refractivity (Wildman–Crippen MR) is 118 cm³/mol. The quantitative estimate of drug-likeness (QED) is 0.475. The number of rotatable bonds is 9. The number of hydrogen-bond acceptors (Lipinski definition) is 6. The highest BCUT2D eigenvalue weighted by atomic mass is 16.6. The molecular formula is C24H29NO6. The lowest BCUT2D eigenvalue weighted by molar-refractivity contribution is -0.148. The number of nitrogens with one attached hydrogen (secondary N) is 1. The summed E-state index contributed by atoms with van der Waals surface area (Å²) < 4.78 is 15.9. The molecule has 0 aliphatic heterocycles. The molecule has 0 radical (unpaired) electrons. The standard InChI is InChI=1S/C24H29NO6/c1-6-29-19-11-13-20(14-12-19)30-15-21(26)31-16(2)22(27)17-7-9-18(10-8-17)25-23(28)24(3,4)5/h7-14,16H,6,15H2,1-5H3,(H,25,28)/t16-/m0/s1. The second kappa shape index (κ2) is 10.6. The largest absolute Gasteiger partial charge is 0.494 e. The molecule has 2 rings (SSSR count). The third-order valence-corrected chi connectivity index (χ3v) is 4.28. The van der Waals surface area contributed by atoms with Crippen molar-refractivity contribution >= 4 is 23.3 Å². The van der Waals surface area contributed by atoms with E-state index in [1.807, 2.05) is 27.7 Å². The number of Topliss-reactive ketones (excluding diaryl/α,β-unsaturated/α-hetero) is 1. The summed E-state index contributed by atoms with van der Waals surface area (Å²) in [6, 6.07) is 13.3. The third-order valence-electron chi connectivity index (χ3n) is 4.28. The number of benzene rings is 2. The molecule has 7 heteroatoms. The van der Waals surface area contributed by atoms with Crippen LogP contribution in [0.1, 0.15) is 45.0 Å². The number of amides is 1. The fraction of sp³-hybridized carbons (Fsp3) is 0.375. The number of hydrogen-bond donors (Lipinski definition) is 1. The minimum absolute atomic E-state index is 0.124. The van der Waals surface area contributed by atoms with Crippen molar-refractivity contribution in [3.05, 3.63) is 54.1 Å². The summed E-state index contributed by atoms with van der Waals surface area (Å²) in [7, 11) is 0. The fourth-order valence-corrected chi connectivity index (χ4v) is 2.50. The Bertz CT molecular complexity index is 897. The molecule has 0 bridgehead atoms. The molecule has 166 valence electrons. The van der Waals surface area contributed by atoms with E-state index in [4.69, 9.17) is 14.2 Å². The summed E-state index contributed by atoms with van der Waals surface area (Å²) in [6.45, 7) is 9.09. The van der Waals surface area contributed by atoms with Gasteiger partial charge in [-0.25, -0.2) is 4.79 Å². The van der Waals surface area contributed by atoms with Gasteiger partial charge in [-0.1, -0.05) is 20.8 Å². The zero-order valence-electron chi connectivity index (χ0n) is 18.6. The second-order valence-electron chi connectivity index (χ2n) is 7.97. The van der Waals surface area contributed by atoms with Gasteiger partial charge in [0.05, 0.1) is 6.61 Å². The van der Waals surface area contributed by atoms with Crippen molar-refractivity contribution in [2.75, 3.05) is 18.5 Å². The molecule has 31 heavy (non-hydrogen) atoms. The van der Waals surface area contributed by atoms with E-state index in [0.717, 1.165) is 0 Å². The van der Waals surface area contributed by atoms with Crippen LogP contribution in [0, 0.1) is 5.41 Å². The van der Waals surface area contributed by atoms with Crippen molar-refractivity contribution < 1.29 is 28.6 Å². The average Bonchev–Trinajstić information content (AvgIpc) is 2.72. The molecule has 1 N–H and O–H groups in total. The Morgan fingerprint density at radius 2 is 1.45 bits per heavy atom. The predicted octanol–water partition coefficient (Wildman–Crippen LogP) is 4.26. The molecule has 0 fully saturated rings. The average molecular weight is 427 g/mol. The van der Waals surface area contributed by atoms with Crippen LogP contribution in [0.25, 0.3) is 0 Å². The maximum absolute atomic E-state index is 12.5. The van der Waals surface area contributed by atoms with Gasteiger partial charge in [0.15, 0.2) is 12.7 Å². The molecule has 0 saturated carbocycles. The maximum Gasteiger partial charge on any atom is 0.344 e. The van der Waals surface area contributed by atoms with Crippen molar-refractivity contribution in [1.82, 2.24) is 0 Å². The van der Waals surface area contributed by atoms with Gasteiger partial charge in [-0.3, -0.25) is 9.59 Å². The number of esters is 1. The van der Waals surface area contributed by atoms with E-state index >= 15 is 0 Å². The van der Waals surface area contributed by atoms with E-state index in [1.165, 1.54) is 6.92 Å². The van der Waals surface area contributed by atoms with Crippen molar-refractivity contribution in [3.63, 3.8) is 0 Å². The molecule has 0 heterocycles. The monoisotopic (exact) mass is 427 g/mol. The van der Waals surface area contributed by atoms with Crippen molar-refractivity contribution in [2.24, 2.45) is 5.41 Å². The summed E-state index contributed by atoms with van der Waals surface area (Å²) in [5.41, 5.74) is 0.441. The smallest absolute Gasteiger partial charge is 0.344 e. The molecule has 0 aromatic heterocycles. The summed E-state index contributed by atoms with van der Waals surface area (Å²) in [5.74, 6) is 0.0845. The van der Waals surface area contributed by atoms with Gasteiger partial charge in [0.2, 0.25) is 11.7 Å². The highest BCUT2D eigenvalue weighted by molar-refractivity contribution is 6.01. The van der Waals surface area contributed by atoms with Crippen LogP contribution in [0.5, 0.6) is 11.5 Å². The summed E-state index contributed by atoms with van der Waals surface area (Å²) in [5, 5.41) is 2.79. The number of ketones is 1. The van der Waals surface area contributed by atoms with Crippen molar-refractivity contribution in [2.45, 2.75) is 40.7 Å². The number of carbonyl (C=O) groups excluding carboxylic acids is 3. The first-order chi connectivity index (χ1) is 14.6. The zero-order chi connectivity index (χ0) is 23.0. The van der Waals surface area contributed by atoms with Gasteiger partial charge in [-0.05, 0) is 62.4 Å². The van der Waals surface area contributed by atoms with Gasteiger partial charge < -0.3 is 19.5 Å². The van der Waals surface area contributed by atoms with Crippen LogP contribution >= 0.6 is 0 Å². The zero-order valence-corrected chi connectivity index (χ0v) is 18.6. The van der Waals surface area contributed by atoms with E-state index in [-0.39, 0.29) is 18.3 Å². The Morgan fingerprint density at radius 1 is 0.903 bits per heavy atom. The highest BCUT2D eigenvalue weighted by Crippen LogP contribution is 2.19. The van der Waals surface area contributed by atoms with Gasteiger partial charge in [0, 0.05) is 16.7 Å². The molecule has 0 saturated heterocycles. The Hall–Kier alpha value is -3.35. The Kier molecular flexibility index (Phi) is 8.19. The lowest BCUT2D eigenvalue weighted by Gasteiger charge is -2.18. The molecule has 7 nitrogen and oxygen atoms in total. The van der Waals surface area contributed by atoms with E-state index in [0.29, 0.717) is 29.4 Å². The minimum atomic E-state index is -0.966. The summed E-state index contributed by atoms with van der Waals surface area (Å²) in [4.78, 5) is 36.6. The van der Waals surface area contributed by atoms with Crippen LogP contribution in [-0.2, 0) is 14.3 Å². The molecule has 0 unspecified atom stereocenters. The topological polar surface area (TPSA) is 90.9 Å². The van der Waals surface area contributed by atoms with Gasteiger partial charge in [0.25, 0.3) is 0 Å². The number of anilines is 1. The van der Waals surface area contributed by atoms with E-state index in [9.17, 15) is 14.4 Å². The van der Waals surface area contributed by atoms with Crippen molar-refractivity contribution in [3.8, 4) is 11.5 Å². The van der Waals surface area contributed by atoms with Crippen LogP contribution in [0.3, 0.4) is 0 Å². The van der Waals surface area contributed by atoms with Gasteiger partial charge in [-0.15, -0.1) is 0 Å². The first kappa shape index (κ1) is 23.9. The first-order valence-corrected chi connectivity index (χ1v) is 10.1. The molecular weight excluding hydrogens is 398 g/mol. The second-order valence-corrected chi connectivity index (χ2v) is 7.97. The Balaban J connectivity index is 1.85. The number of carbonyl (C=O) groups is 3. The maximum atomic E-state index is 12.5. The van der Waals surface area contributed by atoms with Crippen LogP contribution in [0.2, 0.25) is 0 Å². The summed E-state index contributed by atoms with van der Waals surface area (Å²) in [6.07, 6.45) is -0.966. The molecule has 1 amide bonds. The van der Waals surface area contributed by atoms with Gasteiger partial charge in [-0.2, -0.15) is 0 Å². The van der Waals surface area contributed by atoms with Crippen LogP contribution in [0.15, 0.2) is 48.5 Å². The van der Waals surface area contributed by atoms with Crippen molar-refractivity contribution in [1.29, 1.82) is 0 Å². The van der Waals surface area contributed by atoms with E-state index in [2.05, 4.69) is 5.32 Å². The SMILES string of the molecule is CCOc1ccc(OCC(=O)O[C@@H](C)C(=O)c2ccc(NC(=O)C(C)(C)C)cc2)cc1. The minimum Gasteiger partial charge on any atom is -0.494 e. The lowest BCUT2D eigenvalue weighted by atomic mass is 9.95. The van der Waals surface area contributed by atoms with E-state index < -0.39 is 17.5 Å². The molecule has 1 atom stereocenters. The molecule has 0 aliphatic rings. The summed E-state index contributed by atoms with van der Waals surface area (Å²) >= 11 is 0. The molecule has 0 aliphatic carbocycles. The fourth-order valence-electron chi connectivity index (χ4n) is 2.50. The Labute approximate surface area is 182 Å². The van der Waals surface area contributed by atoms with Gasteiger partial charge >= 0.3 is 5.97 Å². The Morgan fingerprint density at radius 3 is 1.97 bits per heavy atom. The first-order valence-electron chi connectivity index (χ1n) is 10.1. The molecule has 0 spiro atoms.